The molecule has 0 spiro atoms. The molecule has 1 fully saturated rings. The van der Waals surface area contributed by atoms with E-state index >= 15 is 0 Å². The predicted molar refractivity (Wildman–Crippen MR) is 76.3 cm³/mol. The molecule has 0 saturated carbocycles. The van der Waals surface area contributed by atoms with Gasteiger partial charge in [0.1, 0.15) is 17.7 Å². The Bertz CT molecular complexity index is 577. The molecule has 0 aromatic heterocycles. The molecule has 1 aliphatic rings. The Kier molecular flexibility index (Phi) is 4.97. The average molecular weight is 311 g/mol. The molecule has 2 rings (SSSR count). The van der Waals surface area contributed by atoms with Gasteiger partial charge in [0.05, 0.1) is 12.3 Å². The second-order valence-corrected chi connectivity index (χ2v) is 5.16. The standard InChI is InChI=1S/C15H18FNO5/c1-3-21-9-4-5-11(10(16)7-9)17-14(18)12-6-8(2)13(22-12)15(19)20/h4-5,7-8,12-13H,3,6H2,1-2H3,(H,17,18)(H,19,20)/t8-,12-,13-/m0/s1. The fourth-order valence-electron chi connectivity index (χ4n) is 2.37. The highest BCUT2D eigenvalue weighted by molar-refractivity contribution is 5.95. The van der Waals surface area contributed by atoms with Crippen molar-refractivity contribution < 1.29 is 28.6 Å². The van der Waals surface area contributed by atoms with Crippen molar-refractivity contribution in [2.24, 2.45) is 5.92 Å². The Balaban J connectivity index is 2.02. The number of anilines is 1. The van der Waals surface area contributed by atoms with Crippen LogP contribution in [0.4, 0.5) is 10.1 Å². The van der Waals surface area contributed by atoms with Gasteiger partial charge in [0.25, 0.3) is 5.91 Å². The fraction of sp³-hybridized carbons (Fsp3) is 0.467. The molecule has 1 amide bonds. The SMILES string of the molecule is CCOc1ccc(NC(=O)[C@@H]2C[C@H](C)[C@@H](C(=O)O)O2)c(F)c1. The van der Waals surface area contributed by atoms with Gasteiger partial charge < -0.3 is 19.9 Å². The number of carbonyl (C=O) groups excluding carboxylic acids is 1. The summed E-state index contributed by atoms with van der Waals surface area (Å²) in [6.45, 7) is 3.89. The number of carbonyl (C=O) groups is 2. The summed E-state index contributed by atoms with van der Waals surface area (Å²) in [4.78, 5) is 23.0. The number of hydrogen-bond acceptors (Lipinski definition) is 4. The molecule has 1 aromatic rings. The number of carboxylic acid groups (broad SMARTS) is 1. The van der Waals surface area contributed by atoms with E-state index in [1.54, 1.807) is 19.9 Å². The second-order valence-electron chi connectivity index (χ2n) is 5.16. The zero-order valence-corrected chi connectivity index (χ0v) is 12.3. The molecular formula is C15H18FNO5. The van der Waals surface area contributed by atoms with Gasteiger partial charge in [-0.2, -0.15) is 0 Å². The summed E-state index contributed by atoms with van der Waals surface area (Å²) >= 11 is 0. The van der Waals surface area contributed by atoms with Crippen LogP contribution in [-0.4, -0.2) is 35.8 Å². The van der Waals surface area contributed by atoms with Gasteiger partial charge in [-0.15, -0.1) is 0 Å². The minimum absolute atomic E-state index is 0.00322. The second kappa shape index (κ2) is 6.74. The molecule has 22 heavy (non-hydrogen) atoms. The van der Waals surface area contributed by atoms with Gasteiger partial charge in [-0.3, -0.25) is 4.79 Å². The van der Waals surface area contributed by atoms with Crippen molar-refractivity contribution in [2.45, 2.75) is 32.5 Å². The van der Waals surface area contributed by atoms with Crippen molar-refractivity contribution in [2.75, 3.05) is 11.9 Å². The van der Waals surface area contributed by atoms with Crippen molar-refractivity contribution in [3.05, 3.63) is 24.0 Å². The van der Waals surface area contributed by atoms with Crippen LogP contribution in [0.2, 0.25) is 0 Å². The summed E-state index contributed by atoms with van der Waals surface area (Å²) in [7, 11) is 0. The third kappa shape index (κ3) is 3.54. The number of carboxylic acids is 1. The number of halogens is 1. The van der Waals surface area contributed by atoms with E-state index in [0.717, 1.165) is 0 Å². The molecule has 120 valence electrons. The number of aliphatic carboxylic acids is 1. The van der Waals surface area contributed by atoms with Gasteiger partial charge >= 0.3 is 5.97 Å². The molecule has 1 aromatic carbocycles. The van der Waals surface area contributed by atoms with E-state index < -0.39 is 29.9 Å². The van der Waals surface area contributed by atoms with Crippen LogP contribution in [0.5, 0.6) is 5.75 Å². The first-order chi connectivity index (χ1) is 10.4. The monoisotopic (exact) mass is 311 g/mol. The maximum absolute atomic E-state index is 13.9. The Labute approximate surface area is 127 Å². The van der Waals surface area contributed by atoms with Gasteiger partial charge in [-0.1, -0.05) is 6.92 Å². The maximum Gasteiger partial charge on any atom is 0.333 e. The van der Waals surface area contributed by atoms with Crippen molar-refractivity contribution in [1.82, 2.24) is 0 Å². The molecule has 0 radical (unpaired) electrons. The molecule has 1 aliphatic heterocycles. The summed E-state index contributed by atoms with van der Waals surface area (Å²) in [5.74, 6) is -2.19. The smallest absolute Gasteiger partial charge is 0.333 e. The predicted octanol–water partition coefficient (Wildman–Crippen LogP) is 2.04. The number of rotatable bonds is 5. The maximum atomic E-state index is 13.9. The third-order valence-electron chi connectivity index (χ3n) is 3.46. The largest absolute Gasteiger partial charge is 0.494 e. The highest BCUT2D eigenvalue weighted by atomic mass is 19.1. The number of hydrogen-bond donors (Lipinski definition) is 2. The Morgan fingerprint density at radius 3 is 2.77 bits per heavy atom. The summed E-state index contributed by atoms with van der Waals surface area (Å²) in [5, 5.41) is 11.4. The topological polar surface area (TPSA) is 84.9 Å². The Morgan fingerprint density at radius 2 is 2.23 bits per heavy atom. The normalized spacial score (nSPS) is 24.0. The molecule has 1 saturated heterocycles. The lowest BCUT2D eigenvalue weighted by Crippen LogP contribution is -2.30. The lowest BCUT2D eigenvalue weighted by molar-refractivity contribution is -0.152. The van der Waals surface area contributed by atoms with Gasteiger partial charge in [0.15, 0.2) is 6.10 Å². The minimum Gasteiger partial charge on any atom is -0.494 e. The summed E-state index contributed by atoms with van der Waals surface area (Å²) in [6, 6.07) is 4.11. The highest BCUT2D eigenvalue weighted by Crippen LogP contribution is 2.28. The van der Waals surface area contributed by atoms with Crippen molar-refractivity contribution in [3.63, 3.8) is 0 Å². The fourth-order valence-corrected chi connectivity index (χ4v) is 2.37. The van der Waals surface area contributed by atoms with E-state index in [-0.39, 0.29) is 18.0 Å². The molecular weight excluding hydrogens is 293 g/mol. The lowest BCUT2D eigenvalue weighted by Gasteiger charge is -2.13. The van der Waals surface area contributed by atoms with Crippen LogP contribution in [0, 0.1) is 11.7 Å². The van der Waals surface area contributed by atoms with E-state index in [1.165, 1.54) is 12.1 Å². The van der Waals surface area contributed by atoms with Crippen LogP contribution in [0.25, 0.3) is 0 Å². The summed E-state index contributed by atoms with van der Waals surface area (Å²) in [6.07, 6.45) is -1.63. The molecule has 0 aliphatic carbocycles. The van der Waals surface area contributed by atoms with Crippen molar-refractivity contribution >= 4 is 17.6 Å². The molecule has 0 bridgehead atoms. The highest BCUT2D eigenvalue weighted by Gasteiger charge is 2.40. The third-order valence-corrected chi connectivity index (χ3v) is 3.46. The zero-order chi connectivity index (χ0) is 16.3. The van der Waals surface area contributed by atoms with Crippen molar-refractivity contribution in [1.29, 1.82) is 0 Å². The van der Waals surface area contributed by atoms with Crippen LogP contribution in [0.3, 0.4) is 0 Å². The lowest BCUT2D eigenvalue weighted by atomic mass is 10.0. The van der Waals surface area contributed by atoms with Crippen LogP contribution >= 0.6 is 0 Å². The average Bonchev–Trinajstić information content (AvgIpc) is 2.84. The van der Waals surface area contributed by atoms with Crippen molar-refractivity contribution in [3.8, 4) is 5.75 Å². The molecule has 7 heteroatoms. The first kappa shape index (κ1) is 16.2. The molecule has 1 heterocycles. The minimum atomic E-state index is -1.10. The van der Waals surface area contributed by atoms with Crippen LogP contribution in [0.1, 0.15) is 20.3 Å². The molecule has 6 nitrogen and oxygen atoms in total. The molecule has 3 atom stereocenters. The summed E-state index contributed by atoms with van der Waals surface area (Å²) < 4.78 is 24.2. The van der Waals surface area contributed by atoms with Gasteiger partial charge in [-0.05, 0) is 31.4 Å². The number of ether oxygens (including phenoxy) is 2. The first-order valence-electron chi connectivity index (χ1n) is 7.03. The first-order valence-corrected chi connectivity index (χ1v) is 7.03. The molecule has 2 N–H and O–H groups in total. The quantitative estimate of drug-likeness (QED) is 0.869. The van der Waals surface area contributed by atoms with Gasteiger partial charge in [0, 0.05) is 6.07 Å². The molecule has 0 unspecified atom stereocenters. The van der Waals surface area contributed by atoms with E-state index in [4.69, 9.17) is 14.6 Å². The zero-order valence-electron chi connectivity index (χ0n) is 12.3. The van der Waals surface area contributed by atoms with Crippen LogP contribution in [-0.2, 0) is 14.3 Å². The number of nitrogens with one attached hydrogen (secondary N) is 1. The van der Waals surface area contributed by atoms with E-state index in [0.29, 0.717) is 12.4 Å². The summed E-state index contributed by atoms with van der Waals surface area (Å²) in [5.41, 5.74) is 0.00322. The van der Waals surface area contributed by atoms with E-state index in [9.17, 15) is 14.0 Å². The number of benzene rings is 1. The Morgan fingerprint density at radius 1 is 1.50 bits per heavy atom. The van der Waals surface area contributed by atoms with Crippen LogP contribution in [0.15, 0.2) is 18.2 Å². The van der Waals surface area contributed by atoms with Crippen LogP contribution < -0.4 is 10.1 Å². The number of amides is 1. The van der Waals surface area contributed by atoms with Gasteiger partial charge in [0.2, 0.25) is 0 Å². The van der Waals surface area contributed by atoms with E-state index in [1.807, 2.05) is 0 Å². The van der Waals surface area contributed by atoms with Gasteiger partial charge in [-0.25, -0.2) is 9.18 Å². The van der Waals surface area contributed by atoms with E-state index in [2.05, 4.69) is 5.32 Å². The Hall–Kier alpha value is -2.15.